The van der Waals surface area contributed by atoms with Gasteiger partial charge in [-0.15, -0.1) is 0 Å². The number of aromatic nitrogens is 2. The van der Waals surface area contributed by atoms with E-state index in [1.165, 1.54) is 6.33 Å². The number of anilines is 2. The molecular formula is C19H25N5O2. The lowest BCUT2D eigenvalue weighted by Crippen LogP contribution is -2.40. The maximum Gasteiger partial charge on any atom is 0.353 e. The van der Waals surface area contributed by atoms with Gasteiger partial charge in [-0.3, -0.25) is 10.1 Å². The Hall–Kier alpha value is -2.70. The van der Waals surface area contributed by atoms with Crippen LogP contribution in [-0.4, -0.2) is 27.5 Å². The van der Waals surface area contributed by atoms with Gasteiger partial charge in [-0.2, -0.15) is 0 Å². The number of hydrogen-bond donors (Lipinski definition) is 1. The smallest absolute Gasteiger partial charge is 0.353 e. The molecule has 1 aromatic carbocycles. The van der Waals surface area contributed by atoms with Gasteiger partial charge in [0.15, 0.2) is 0 Å². The monoisotopic (exact) mass is 355 g/mol. The lowest BCUT2D eigenvalue weighted by Gasteiger charge is -2.35. The van der Waals surface area contributed by atoms with Crippen molar-refractivity contribution >= 4 is 17.3 Å². The Morgan fingerprint density at radius 2 is 2.08 bits per heavy atom. The van der Waals surface area contributed by atoms with Gasteiger partial charge in [0.2, 0.25) is 11.6 Å². The zero-order chi connectivity index (χ0) is 18.5. The van der Waals surface area contributed by atoms with Gasteiger partial charge < -0.3 is 10.2 Å². The molecule has 1 aliphatic heterocycles. The van der Waals surface area contributed by atoms with E-state index in [1.807, 2.05) is 37.3 Å². The first-order chi connectivity index (χ1) is 12.6. The third-order valence-electron chi connectivity index (χ3n) is 5.01. The topological polar surface area (TPSA) is 84.2 Å². The molecule has 2 heterocycles. The summed E-state index contributed by atoms with van der Waals surface area (Å²) in [6, 6.07) is 10.0. The number of nitro groups is 1. The summed E-state index contributed by atoms with van der Waals surface area (Å²) in [4.78, 5) is 22.1. The lowest BCUT2D eigenvalue weighted by molar-refractivity contribution is -0.383. The highest BCUT2D eigenvalue weighted by Gasteiger charge is 2.32. The minimum atomic E-state index is -0.364. The molecule has 1 fully saturated rings. The average molecular weight is 355 g/mol. The molecule has 2 unspecified atom stereocenters. The minimum Gasteiger partial charge on any atom is -0.358 e. The maximum absolute atomic E-state index is 11.9. The van der Waals surface area contributed by atoms with Crippen LogP contribution >= 0.6 is 0 Å². The van der Waals surface area contributed by atoms with Crippen LogP contribution in [0.5, 0.6) is 0 Å². The second-order valence-electron chi connectivity index (χ2n) is 6.68. The highest BCUT2D eigenvalue weighted by atomic mass is 16.6. The van der Waals surface area contributed by atoms with Crippen LogP contribution in [0.1, 0.15) is 51.1 Å². The van der Waals surface area contributed by atoms with Crippen molar-refractivity contribution in [1.82, 2.24) is 9.97 Å². The van der Waals surface area contributed by atoms with Crippen LogP contribution in [0.4, 0.5) is 17.3 Å². The van der Waals surface area contributed by atoms with Crippen molar-refractivity contribution < 1.29 is 4.92 Å². The van der Waals surface area contributed by atoms with Gasteiger partial charge in [0.05, 0.1) is 11.0 Å². The fourth-order valence-electron chi connectivity index (χ4n) is 3.59. The summed E-state index contributed by atoms with van der Waals surface area (Å²) >= 11 is 0. The summed E-state index contributed by atoms with van der Waals surface area (Å²) in [5, 5.41) is 15.1. The predicted molar refractivity (Wildman–Crippen MR) is 102 cm³/mol. The number of nitrogens with zero attached hydrogens (tertiary/aromatic N) is 4. The first-order valence-corrected chi connectivity index (χ1v) is 9.19. The predicted octanol–water partition coefficient (Wildman–Crippen LogP) is 4.33. The molecule has 0 aliphatic carbocycles. The molecule has 1 aliphatic rings. The number of rotatable bonds is 6. The third kappa shape index (κ3) is 3.76. The van der Waals surface area contributed by atoms with Gasteiger partial charge in [-0.05, 0) is 38.2 Å². The Morgan fingerprint density at radius 3 is 2.77 bits per heavy atom. The highest BCUT2D eigenvalue weighted by molar-refractivity contribution is 5.71. The Balaban J connectivity index is 1.95. The van der Waals surface area contributed by atoms with Crippen LogP contribution in [0.15, 0.2) is 36.7 Å². The van der Waals surface area contributed by atoms with Crippen LogP contribution in [0.3, 0.4) is 0 Å². The number of nitrogens with one attached hydrogen (secondary N) is 1. The minimum absolute atomic E-state index is 0.0318. The summed E-state index contributed by atoms with van der Waals surface area (Å²) in [7, 11) is 0. The van der Waals surface area contributed by atoms with Gasteiger partial charge in [-0.25, -0.2) is 9.97 Å². The molecule has 1 aromatic heterocycles. The first-order valence-electron chi connectivity index (χ1n) is 9.19. The Labute approximate surface area is 153 Å². The fourth-order valence-corrected chi connectivity index (χ4v) is 3.59. The average Bonchev–Trinajstić information content (AvgIpc) is 2.68. The normalized spacial score (nSPS) is 18.4. The molecular weight excluding hydrogens is 330 g/mol. The van der Waals surface area contributed by atoms with E-state index in [0.29, 0.717) is 5.82 Å². The standard InChI is InChI=1S/C19H25N5O2/c1-3-16-11-7-8-12-23(16)19-17(24(25)26)18(20-13-21-19)22-14(2)15-9-5-4-6-10-15/h4-6,9-10,13-14,16H,3,7-8,11-12H2,1-2H3,(H,20,21,22). The van der Waals surface area contributed by atoms with E-state index in [4.69, 9.17) is 0 Å². The third-order valence-corrected chi connectivity index (χ3v) is 5.01. The summed E-state index contributed by atoms with van der Waals surface area (Å²) in [5.41, 5.74) is 1.02. The first kappa shape index (κ1) is 18.1. The van der Waals surface area contributed by atoms with E-state index in [1.54, 1.807) is 0 Å². The van der Waals surface area contributed by atoms with E-state index in [2.05, 4.69) is 27.1 Å². The largest absolute Gasteiger partial charge is 0.358 e. The number of benzene rings is 1. The zero-order valence-corrected chi connectivity index (χ0v) is 15.3. The molecule has 0 amide bonds. The molecule has 0 bridgehead atoms. The number of hydrogen-bond acceptors (Lipinski definition) is 6. The Morgan fingerprint density at radius 1 is 1.31 bits per heavy atom. The fraction of sp³-hybridized carbons (Fsp3) is 0.474. The summed E-state index contributed by atoms with van der Waals surface area (Å²) < 4.78 is 0. The molecule has 0 saturated carbocycles. The molecule has 2 atom stereocenters. The van der Waals surface area contributed by atoms with Gasteiger partial charge in [0, 0.05) is 12.6 Å². The van der Waals surface area contributed by atoms with Gasteiger partial charge in [-0.1, -0.05) is 37.3 Å². The van der Waals surface area contributed by atoms with Crippen LogP contribution in [0, 0.1) is 10.1 Å². The van der Waals surface area contributed by atoms with Crippen LogP contribution in [0.25, 0.3) is 0 Å². The summed E-state index contributed by atoms with van der Waals surface area (Å²) in [5.74, 6) is 0.705. The van der Waals surface area contributed by atoms with Crippen molar-refractivity contribution in [2.24, 2.45) is 0 Å². The van der Waals surface area contributed by atoms with Crippen molar-refractivity contribution in [2.45, 2.75) is 51.6 Å². The second-order valence-corrected chi connectivity index (χ2v) is 6.68. The number of piperidine rings is 1. The summed E-state index contributed by atoms with van der Waals surface area (Å²) in [6.45, 7) is 4.88. The van der Waals surface area contributed by atoms with E-state index in [9.17, 15) is 10.1 Å². The molecule has 0 spiro atoms. The van der Waals surface area contributed by atoms with Crippen molar-refractivity contribution in [2.75, 3.05) is 16.8 Å². The Kier molecular flexibility index (Phi) is 5.65. The molecule has 138 valence electrons. The zero-order valence-electron chi connectivity index (χ0n) is 15.3. The maximum atomic E-state index is 11.9. The summed E-state index contributed by atoms with van der Waals surface area (Å²) in [6.07, 6.45) is 5.60. The molecule has 7 nitrogen and oxygen atoms in total. The van der Waals surface area contributed by atoms with E-state index < -0.39 is 0 Å². The van der Waals surface area contributed by atoms with Crippen LogP contribution in [-0.2, 0) is 0 Å². The highest BCUT2D eigenvalue weighted by Crippen LogP contribution is 2.37. The van der Waals surface area contributed by atoms with Crippen molar-refractivity contribution in [3.05, 3.63) is 52.3 Å². The molecule has 26 heavy (non-hydrogen) atoms. The Bertz CT molecular complexity index is 753. The van der Waals surface area contributed by atoms with Crippen LogP contribution < -0.4 is 10.2 Å². The van der Waals surface area contributed by atoms with Gasteiger partial charge >= 0.3 is 5.69 Å². The van der Waals surface area contributed by atoms with E-state index in [0.717, 1.165) is 37.8 Å². The molecule has 3 rings (SSSR count). The molecule has 0 radical (unpaired) electrons. The van der Waals surface area contributed by atoms with E-state index in [-0.39, 0.29) is 28.5 Å². The van der Waals surface area contributed by atoms with E-state index >= 15 is 0 Å². The molecule has 2 aromatic rings. The SMILES string of the molecule is CCC1CCCCN1c1ncnc(NC(C)c2ccccc2)c1[N+](=O)[O-]. The molecule has 1 saturated heterocycles. The van der Waals surface area contributed by atoms with Crippen molar-refractivity contribution in [1.29, 1.82) is 0 Å². The van der Waals surface area contributed by atoms with Gasteiger partial charge in [0.25, 0.3) is 0 Å². The van der Waals surface area contributed by atoms with Crippen molar-refractivity contribution in [3.63, 3.8) is 0 Å². The van der Waals surface area contributed by atoms with Crippen molar-refractivity contribution in [3.8, 4) is 0 Å². The van der Waals surface area contributed by atoms with Gasteiger partial charge in [0.1, 0.15) is 6.33 Å². The molecule has 1 N–H and O–H groups in total. The quantitative estimate of drug-likeness (QED) is 0.613. The second kappa shape index (κ2) is 8.12. The van der Waals surface area contributed by atoms with Crippen LogP contribution in [0.2, 0.25) is 0 Å². The lowest BCUT2D eigenvalue weighted by atomic mass is 10.00. The molecule has 7 heteroatoms.